The van der Waals surface area contributed by atoms with E-state index in [-0.39, 0.29) is 24.0 Å². The van der Waals surface area contributed by atoms with Crippen LogP contribution in [0.3, 0.4) is 0 Å². The summed E-state index contributed by atoms with van der Waals surface area (Å²) in [6.45, 7) is 6.05. The van der Waals surface area contributed by atoms with Crippen LogP contribution in [-0.4, -0.2) is 24.6 Å². The summed E-state index contributed by atoms with van der Waals surface area (Å²) < 4.78 is 10.4. The van der Waals surface area contributed by atoms with Gasteiger partial charge in [0.25, 0.3) is 0 Å². The molecule has 1 aliphatic heterocycles. The van der Waals surface area contributed by atoms with Gasteiger partial charge in [0.15, 0.2) is 0 Å². The van der Waals surface area contributed by atoms with Crippen LogP contribution in [0.5, 0.6) is 0 Å². The molecule has 0 radical (unpaired) electrons. The molecule has 0 unspecified atom stereocenters. The number of esters is 2. The fraction of sp³-hybridized carbons (Fsp3) is 0.867. The van der Waals surface area contributed by atoms with E-state index < -0.39 is 5.92 Å². The Bertz CT molecular complexity index is 301. The quantitative estimate of drug-likeness (QED) is 0.502. The zero-order chi connectivity index (χ0) is 14.3. The summed E-state index contributed by atoms with van der Waals surface area (Å²) in [5.74, 6) is -1.35. The van der Waals surface area contributed by atoms with Gasteiger partial charge in [0.2, 0.25) is 0 Å². The van der Waals surface area contributed by atoms with Crippen molar-refractivity contribution in [3.63, 3.8) is 0 Å². The molecule has 110 valence electrons. The fourth-order valence-corrected chi connectivity index (χ4v) is 2.58. The van der Waals surface area contributed by atoms with Crippen LogP contribution in [0.15, 0.2) is 0 Å². The lowest BCUT2D eigenvalue weighted by Gasteiger charge is -2.17. The fourth-order valence-electron chi connectivity index (χ4n) is 2.58. The van der Waals surface area contributed by atoms with Gasteiger partial charge in [-0.1, -0.05) is 39.5 Å². The summed E-state index contributed by atoms with van der Waals surface area (Å²) >= 11 is 0. The first-order valence-electron chi connectivity index (χ1n) is 7.48. The van der Waals surface area contributed by atoms with Crippen molar-refractivity contribution < 1.29 is 19.1 Å². The lowest BCUT2D eigenvalue weighted by molar-refractivity contribution is -0.151. The number of rotatable bonds is 8. The third-order valence-electron chi connectivity index (χ3n) is 3.73. The molecule has 19 heavy (non-hydrogen) atoms. The lowest BCUT2D eigenvalue weighted by Crippen LogP contribution is -2.30. The zero-order valence-corrected chi connectivity index (χ0v) is 12.3. The molecular formula is C15H26O4. The number of cyclic esters (lactones) is 1. The summed E-state index contributed by atoms with van der Waals surface area (Å²) in [6.07, 6.45) is 6.26. The van der Waals surface area contributed by atoms with Crippen molar-refractivity contribution in [1.29, 1.82) is 0 Å². The van der Waals surface area contributed by atoms with Crippen molar-refractivity contribution in [2.45, 2.75) is 65.4 Å². The molecule has 0 N–H and O–H groups in total. The molecule has 0 aromatic rings. The maximum Gasteiger partial charge on any atom is 0.313 e. The van der Waals surface area contributed by atoms with Crippen molar-refractivity contribution in [3.05, 3.63) is 0 Å². The number of carbonyl (C=O) groups excluding carboxylic acids is 2. The summed E-state index contributed by atoms with van der Waals surface area (Å²) in [5.41, 5.74) is 0. The van der Waals surface area contributed by atoms with Gasteiger partial charge in [-0.2, -0.15) is 0 Å². The van der Waals surface area contributed by atoms with E-state index in [9.17, 15) is 9.59 Å². The van der Waals surface area contributed by atoms with E-state index in [4.69, 9.17) is 9.47 Å². The third kappa shape index (κ3) is 4.51. The SMILES string of the molecule is CCCCCCC[C@H]1OC(=O)[C@@H](C)[C@H]1C(=O)OCC. The van der Waals surface area contributed by atoms with Gasteiger partial charge in [-0.25, -0.2) is 0 Å². The number of ether oxygens (including phenoxy) is 2. The van der Waals surface area contributed by atoms with Crippen LogP contribution in [0.1, 0.15) is 59.3 Å². The van der Waals surface area contributed by atoms with Gasteiger partial charge in [0, 0.05) is 0 Å². The van der Waals surface area contributed by atoms with E-state index in [0.717, 1.165) is 19.3 Å². The second-order valence-corrected chi connectivity index (χ2v) is 5.24. The Morgan fingerprint density at radius 3 is 2.53 bits per heavy atom. The highest BCUT2D eigenvalue weighted by Gasteiger charge is 2.46. The van der Waals surface area contributed by atoms with Crippen LogP contribution >= 0.6 is 0 Å². The lowest BCUT2D eigenvalue weighted by atomic mass is 9.89. The van der Waals surface area contributed by atoms with Crippen molar-refractivity contribution in [1.82, 2.24) is 0 Å². The highest BCUT2D eigenvalue weighted by molar-refractivity contribution is 5.85. The predicted octanol–water partition coefficient (Wildman–Crippen LogP) is 3.09. The molecular weight excluding hydrogens is 244 g/mol. The van der Waals surface area contributed by atoms with Crippen LogP contribution in [0.25, 0.3) is 0 Å². The van der Waals surface area contributed by atoms with Crippen molar-refractivity contribution in [2.75, 3.05) is 6.61 Å². The minimum atomic E-state index is -0.418. The summed E-state index contributed by atoms with van der Waals surface area (Å²) in [4.78, 5) is 23.5. The topological polar surface area (TPSA) is 52.6 Å². The molecule has 1 heterocycles. The van der Waals surface area contributed by atoms with E-state index in [0.29, 0.717) is 6.61 Å². The first-order chi connectivity index (χ1) is 9.11. The minimum absolute atomic E-state index is 0.267. The van der Waals surface area contributed by atoms with E-state index >= 15 is 0 Å². The van der Waals surface area contributed by atoms with Gasteiger partial charge in [-0.3, -0.25) is 9.59 Å². The molecule has 0 aliphatic carbocycles. The molecule has 0 bridgehead atoms. The van der Waals surface area contributed by atoms with Crippen LogP contribution in [0.4, 0.5) is 0 Å². The normalized spacial score (nSPS) is 26.3. The predicted molar refractivity (Wildman–Crippen MR) is 72.5 cm³/mol. The number of hydrogen-bond acceptors (Lipinski definition) is 4. The number of carbonyl (C=O) groups is 2. The Hall–Kier alpha value is -1.06. The summed E-state index contributed by atoms with van der Waals surface area (Å²) in [5, 5.41) is 0. The maximum absolute atomic E-state index is 11.9. The molecule has 0 amide bonds. The Kier molecular flexibility index (Phi) is 6.89. The van der Waals surface area contributed by atoms with Gasteiger partial charge < -0.3 is 9.47 Å². The third-order valence-corrected chi connectivity index (χ3v) is 3.73. The van der Waals surface area contributed by atoms with E-state index in [1.54, 1.807) is 13.8 Å². The molecule has 3 atom stereocenters. The first-order valence-corrected chi connectivity index (χ1v) is 7.48. The molecule has 4 nitrogen and oxygen atoms in total. The first kappa shape index (κ1) is 16.0. The van der Waals surface area contributed by atoms with Gasteiger partial charge >= 0.3 is 11.9 Å². The molecule has 0 aromatic carbocycles. The highest BCUT2D eigenvalue weighted by atomic mass is 16.6. The summed E-state index contributed by atoms with van der Waals surface area (Å²) in [6, 6.07) is 0. The molecule has 0 aromatic heterocycles. The van der Waals surface area contributed by atoms with Gasteiger partial charge in [0.1, 0.15) is 12.0 Å². The Morgan fingerprint density at radius 2 is 1.89 bits per heavy atom. The standard InChI is InChI=1S/C15H26O4/c1-4-6-7-8-9-10-12-13(15(17)18-5-2)11(3)14(16)19-12/h11-13H,4-10H2,1-3H3/t11-,12+,13+/m0/s1. The van der Waals surface area contributed by atoms with E-state index in [2.05, 4.69) is 6.92 Å². The van der Waals surface area contributed by atoms with Crippen LogP contribution in [0.2, 0.25) is 0 Å². The molecule has 1 saturated heterocycles. The van der Waals surface area contributed by atoms with Crippen LogP contribution < -0.4 is 0 Å². The molecule has 1 fully saturated rings. The maximum atomic E-state index is 11.9. The van der Waals surface area contributed by atoms with Crippen molar-refractivity contribution >= 4 is 11.9 Å². The zero-order valence-electron chi connectivity index (χ0n) is 12.3. The van der Waals surface area contributed by atoms with Crippen LogP contribution in [-0.2, 0) is 19.1 Å². The Labute approximate surface area is 115 Å². The average Bonchev–Trinajstić information content (AvgIpc) is 2.65. The molecule has 0 saturated carbocycles. The molecule has 4 heteroatoms. The van der Waals surface area contributed by atoms with Gasteiger partial charge in [0.05, 0.1) is 12.5 Å². The van der Waals surface area contributed by atoms with Crippen molar-refractivity contribution in [2.24, 2.45) is 11.8 Å². The smallest absolute Gasteiger partial charge is 0.313 e. The largest absolute Gasteiger partial charge is 0.466 e. The Balaban J connectivity index is 2.45. The average molecular weight is 270 g/mol. The second kappa shape index (κ2) is 8.18. The van der Waals surface area contributed by atoms with Gasteiger partial charge in [-0.05, 0) is 19.8 Å². The number of unbranched alkanes of at least 4 members (excludes halogenated alkanes) is 4. The monoisotopic (exact) mass is 270 g/mol. The Morgan fingerprint density at radius 1 is 1.21 bits per heavy atom. The molecule has 1 aliphatic rings. The van der Waals surface area contributed by atoms with E-state index in [1.165, 1.54) is 19.3 Å². The van der Waals surface area contributed by atoms with Gasteiger partial charge in [-0.15, -0.1) is 0 Å². The summed E-state index contributed by atoms with van der Waals surface area (Å²) in [7, 11) is 0. The van der Waals surface area contributed by atoms with Crippen molar-refractivity contribution in [3.8, 4) is 0 Å². The minimum Gasteiger partial charge on any atom is -0.466 e. The molecule has 0 spiro atoms. The molecule has 1 rings (SSSR count). The highest BCUT2D eigenvalue weighted by Crippen LogP contribution is 2.32. The second-order valence-electron chi connectivity index (χ2n) is 5.24. The number of hydrogen-bond donors (Lipinski definition) is 0. The van der Waals surface area contributed by atoms with E-state index in [1.807, 2.05) is 0 Å². The van der Waals surface area contributed by atoms with Crippen LogP contribution in [0, 0.1) is 11.8 Å².